The lowest BCUT2D eigenvalue weighted by Crippen LogP contribution is -2.31. The van der Waals surface area contributed by atoms with Gasteiger partial charge in [0.25, 0.3) is 0 Å². The number of rotatable bonds is 5. The van der Waals surface area contributed by atoms with Gasteiger partial charge < -0.3 is 4.74 Å². The Kier molecular flexibility index (Phi) is 5.05. The molecular formula is C24H23NO4. The summed E-state index contributed by atoms with van der Waals surface area (Å²) in [4.78, 5) is 39.4. The summed E-state index contributed by atoms with van der Waals surface area (Å²) < 4.78 is 5.77. The number of Topliss-reactive ketones (excluding diaryl/α,β-unsaturated/α-hetero) is 1. The highest BCUT2D eigenvalue weighted by atomic mass is 16.5. The van der Waals surface area contributed by atoms with Crippen LogP contribution in [0.2, 0.25) is 0 Å². The molecule has 2 amide bonds. The molecule has 5 heteroatoms. The number of anilines is 1. The van der Waals surface area contributed by atoms with Gasteiger partial charge in [-0.2, -0.15) is 0 Å². The first-order chi connectivity index (χ1) is 14.0. The monoisotopic (exact) mass is 389 g/mol. The SMILES string of the molecule is C[C@H](Oc1ccc(N2C(=O)[C@H]3[C@@H](C)C=CC[C@H]3C2=O)cc1)C(=O)c1ccccc1. The fourth-order valence-corrected chi connectivity index (χ4v) is 4.17. The lowest BCUT2D eigenvalue weighted by atomic mass is 9.78. The summed E-state index contributed by atoms with van der Waals surface area (Å²) in [6.07, 6.45) is 3.96. The van der Waals surface area contributed by atoms with E-state index in [4.69, 9.17) is 4.74 Å². The van der Waals surface area contributed by atoms with Gasteiger partial charge >= 0.3 is 0 Å². The van der Waals surface area contributed by atoms with E-state index in [9.17, 15) is 14.4 Å². The van der Waals surface area contributed by atoms with Crippen LogP contribution >= 0.6 is 0 Å². The summed E-state index contributed by atoms with van der Waals surface area (Å²) in [6.45, 7) is 3.68. The van der Waals surface area contributed by atoms with Crippen molar-refractivity contribution in [3.8, 4) is 5.75 Å². The number of allylic oxidation sites excluding steroid dienone is 2. The molecule has 5 nitrogen and oxygen atoms in total. The molecular weight excluding hydrogens is 366 g/mol. The van der Waals surface area contributed by atoms with Crippen molar-refractivity contribution in [1.82, 2.24) is 0 Å². The molecule has 0 saturated carbocycles. The van der Waals surface area contributed by atoms with Gasteiger partial charge in [-0.15, -0.1) is 0 Å². The Bertz CT molecular complexity index is 964. The Morgan fingerprint density at radius 2 is 1.72 bits per heavy atom. The molecule has 0 N–H and O–H groups in total. The minimum absolute atomic E-state index is 0.0580. The summed E-state index contributed by atoms with van der Waals surface area (Å²) in [7, 11) is 0. The standard InChI is InChI=1S/C24H23NO4/c1-15-7-6-10-20-21(15)24(28)25(23(20)27)18-11-13-19(14-12-18)29-16(2)22(26)17-8-4-3-5-9-17/h3-9,11-16,20-21H,10H2,1-2H3/t15-,16-,20+,21-/m0/s1. The van der Waals surface area contributed by atoms with Gasteiger partial charge in [-0.05, 0) is 43.5 Å². The molecule has 148 valence electrons. The van der Waals surface area contributed by atoms with E-state index in [-0.39, 0.29) is 35.4 Å². The smallest absolute Gasteiger partial charge is 0.238 e. The van der Waals surface area contributed by atoms with Gasteiger partial charge in [0.05, 0.1) is 17.5 Å². The maximum atomic E-state index is 12.9. The van der Waals surface area contributed by atoms with Crippen LogP contribution in [-0.2, 0) is 9.59 Å². The van der Waals surface area contributed by atoms with Crippen molar-refractivity contribution in [3.05, 3.63) is 72.3 Å². The van der Waals surface area contributed by atoms with Crippen molar-refractivity contribution in [2.45, 2.75) is 26.4 Å². The summed E-state index contributed by atoms with van der Waals surface area (Å²) >= 11 is 0. The van der Waals surface area contributed by atoms with Crippen LogP contribution in [0.25, 0.3) is 0 Å². The Balaban J connectivity index is 1.48. The number of benzene rings is 2. The minimum atomic E-state index is -0.645. The van der Waals surface area contributed by atoms with E-state index in [1.807, 2.05) is 37.3 Å². The lowest BCUT2D eigenvalue weighted by Gasteiger charge is -2.22. The third-order valence-electron chi connectivity index (χ3n) is 5.71. The second-order valence-electron chi connectivity index (χ2n) is 7.65. The zero-order valence-corrected chi connectivity index (χ0v) is 16.4. The first-order valence-electron chi connectivity index (χ1n) is 9.88. The van der Waals surface area contributed by atoms with Gasteiger partial charge in [0.15, 0.2) is 6.10 Å². The highest BCUT2D eigenvalue weighted by Gasteiger charge is 2.50. The molecule has 0 radical (unpaired) electrons. The molecule has 4 rings (SSSR count). The Morgan fingerprint density at radius 1 is 1.03 bits per heavy atom. The molecule has 0 unspecified atom stereocenters. The molecule has 4 atom stereocenters. The molecule has 2 aliphatic rings. The van der Waals surface area contributed by atoms with Gasteiger partial charge in [-0.25, -0.2) is 0 Å². The quantitative estimate of drug-likeness (QED) is 0.440. The van der Waals surface area contributed by atoms with Gasteiger partial charge in [-0.3, -0.25) is 19.3 Å². The number of imide groups is 1. The number of ketones is 1. The van der Waals surface area contributed by atoms with Crippen LogP contribution in [0, 0.1) is 17.8 Å². The minimum Gasteiger partial charge on any atom is -0.483 e. The van der Waals surface area contributed by atoms with Gasteiger partial charge in [0, 0.05) is 5.56 Å². The van der Waals surface area contributed by atoms with Crippen molar-refractivity contribution in [2.75, 3.05) is 4.90 Å². The average Bonchev–Trinajstić information content (AvgIpc) is 3.00. The molecule has 1 aliphatic heterocycles. The van der Waals surface area contributed by atoms with Crippen molar-refractivity contribution in [1.29, 1.82) is 0 Å². The maximum absolute atomic E-state index is 12.9. The number of carbonyl (C=O) groups excluding carboxylic acids is 3. The molecule has 2 aromatic rings. The summed E-state index contributed by atoms with van der Waals surface area (Å²) in [6, 6.07) is 15.8. The van der Waals surface area contributed by atoms with Gasteiger partial charge in [-0.1, -0.05) is 49.4 Å². The fourth-order valence-electron chi connectivity index (χ4n) is 4.17. The van der Waals surface area contributed by atoms with Crippen LogP contribution in [0.3, 0.4) is 0 Å². The van der Waals surface area contributed by atoms with E-state index >= 15 is 0 Å². The zero-order valence-electron chi connectivity index (χ0n) is 16.4. The highest BCUT2D eigenvalue weighted by Crippen LogP contribution is 2.40. The topological polar surface area (TPSA) is 63.7 Å². The Hall–Kier alpha value is -3.21. The van der Waals surface area contributed by atoms with Crippen LogP contribution < -0.4 is 9.64 Å². The first-order valence-corrected chi connectivity index (χ1v) is 9.88. The predicted octanol–water partition coefficient (Wildman–Crippen LogP) is 4.04. The van der Waals surface area contributed by atoms with E-state index in [0.29, 0.717) is 23.4 Å². The van der Waals surface area contributed by atoms with Crippen LogP contribution in [-0.4, -0.2) is 23.7 Å². The zero-order chi connectivity index (χ0) is 20.5. The molecule has 0 spiro atoms. The van der Waals surface area contributed by atoms with Crippen LogP contribution in [0.4, 0.5) is 5.69 Å². The van der Waals surface area contributed by atoms with Crippen LogP contribution in [0.15, 0.2) is 66.7 Å². The number of ether oxygens (including phenoxy) is 1. The Morgan fingerprint density at radius 3 is 2.38 bits per heavy atom. The van der Waals surface area contributed by atoms with Crippen molar-refractivity contribution >= 4 is 23.3 Å². The first kappa shape index (κ1) is 19.1. The fraction of sp³-hybridized carbons (Fsp3) is 0.292. The van der Waals surface area contributed by atoms with E-state index in [1.54, 1.807) is 43.3 Å². The van der Waals surface area contributed by atoms with Crippen molar-refractivity contribution < 1.29 is 19.1 Å². The molecule has 2 aromatic carbocycles. The highest BCUT2D eigenvalue weighted by molar-refractivity contribution is 6.22. The van der Waals surface area contributed by atoms with Crippen LogP contribution in [0.1, 0.15) is 30.6 Å². The van der Waals surface area contributed by atoms with E-state index < -0.39 is 6.10 Å². The van der Waals surface area contributed by atoms with Crippen molar-refractivity contribution in [3.63, 3.8) is 0 Å². The molecule has 0 bridgehead atoms. The number of hydrogen-bond acceptors (Lipinski definition) is 4. The van der Waals surface area contributed by atoms with E-state index in [0.717, 1.165) is 0 Å². The maximum Gasteiger partial charge on any atom is 0.238 e. The third-order valence-corrected chi connectivity index (χ3v) is 5.71. The van der Waals surface area contributed by atoms with Crippen molar-refractivity contribution in [2.24, 2.45) is 17.8 Å². The van der Waals surface area contributed by atoms with Gasteiger partial charge in [0.2, 0.25) is 17.6 Å². The second-order valence-corrected chi connectivity index (χ2v) is 7.65. The lowest BCUT2D eigenvalue weighted by molar-refractivity contribution is -0.122. The number of carbonyl (C=O) groups is 3. The van der Waals surface area contributed by atoms with Gasteiger partial charge in [0.1, 0.15) is 5.75 Å². The summed E-state index contributed by atoms with van der Waals surface area (Å²) in [5.41, 5.74) is 1.13. The predicted molar refractivity (Wildman–Crippen MR) is 110 cm³/mol. The summed E-state index contributed by atoms with van der Waals surface area (Å²) in [5.74, 6) is -0.380. The molecule has 0 aromatic heterocycles. The largest absolute Gasteiger partial charge is 0.483 e. The average molecular weight is 389 g/mol. The number of hydrogen-bond donors (Lipinski definition) is 0. The van der Waals surface area contributed by atoms with E-state index in [1.165, 1.54) is 4.90 Å². The Labute approximate surface area is 170 Å². The molecule has 1 heterocycles. The van der Waals surface area contributed by atoms with E-state index in [2.05, 4.69) is 0 Å². The van der Waals surface area contributed by atoms with Crippen LogP contribution in [0.5, 0.6) is 5.75 Å². The summed E-state index contributed by atoms with van der Waals surface area (Å²) in [5, 5.41) is 0. The number of nitrogens with zero attached hydrogens (tertiary/aromatic N) is 1. The number of fused-ring (bicyclic) bond motifs is 1. The molecule has 1 fully saturated rings. The molecule has 29 heavy (non-hydrogen) atoms. The molecule has 1 aliphatic carbocycles. The second kappa shape index (κ2) is 7.66. The molecule has 1 saturated heterocycles. The third kappa shape index (κ3) is 3.48. The normalized spacial score (nSPS) is 24.3. The number of amides is 2.